The zero-order valence-electron chi connectivity index (χ0n) is 21.9. The van der Waals surface area contributed by atoms with Gasteiger partial charge in [0.05, 0.1) is 16.9 Å². The van der Waals surface area contributed by atoms with Gasteiger partial charge >= 0.3 is 6.18 Å². The summed E-state index contributed by atoms with van der Waals surface area (Å²) in [5.41, 5.74) is 1.28. The molecule has 0 saturated heterocycles. The number of pyridine rings is 1. The predicted molar refractivity (Wildman–Crippen MR) is 139 cm³/mol. The van der Waals surface area contributed by atoms with Crippen LogP contribution in [0.1, 0.15) is 104 Å². The smallest absolute Gasteiger partial charge is 0.385 e. The second kappa shape index (κ2) is 9.39. The summed E-state index contributed by atoms with van der Waals surface area (Å²) < 4.78 is 70.5. The first kappa shape index (κ1) is 26.4. The lowest BCUT2D eigenvalue weighted by Gasteiger charge is -2.51. The minimum atomic E-state index is -4.53. The second-order valence-electron chi connectivity index (χ2n) is 12.1. The van der Waals surface area contributed by atoms with E-state index in [1.54, 1.807) is 19.1 Å². The molecule has 1 heterocycles. The van der Waals surface area contributed by atoms with E-state index in [0.717, 1.165) is 62.8 Å². The molecule has 1 aromatic heterocycles. The van der Waals surface area contributed by atoms with Gasteiger partial charge in [-0.15, -0.1) is 0 Å². The van der Waals surface area contributed by atoms with E-state index in [1.165, 1.54) is 24.3 Å². The SMILES string of the molecule is CC1(O)CC2(CCC2)Cc2nc(C3CCCC3)c(C(F)c3ccc(C(F)(F)F)cc3)c(-c3ccc(F)cc3)c21. The van der Waals surface area contributed by atoms with Crippen molar-refractivity contribution in [3.8, 4) is 11.1 Å². The molecule has 3 aliphatic rings. The van der Waals surface area contributed by atoms with Gasteiger partial charge in [-0.3, -0.25) is 4.98 Å². The summed E-state index contributed by atoms with van der Waals surface area (Å²) in [6.07, 6.45) is 1.74. The maximum absolute atomic E-state index is 16.8. The average Bonchev–Trinajstić information content (AvgIpc) is 3.41. The average molecular weight is 542 g/mol. The summed E-state index contributed by atoms with van der Waals surface area (Å²) in [6, 6.07) is 9.98. The fourth-order valence-corrected chi connectivity index (χ4v) is 7.33. The van der Waals surface area contributed by atoms with Crippen molar-refractivity contribution >= 4 is 0 Å². The number of hydrogen-bond donors (Lipinski definition) is 1. The van der Waals surface area contributed by atoms with Crippen molar-refractivity contribution < 1.29 is 27.1 Å². The molecule has 2 nitrogen and oxygen atoms in total. The Morgan fingerprint density at radius 1 is 0.949 bits per heavy atom. The quantitative estimate of drug-likeness (QED) is 0.335. The molecule has 3 aromatic rings. The van der Waals surface area contributed by atoms with Gasteiger partial charge in [0.25, 0.3) is 0 Å². The third-order valence-corrected chi connectivity index (χ3v) is 9.21. The maximum atomic E-state index is 16.8. The molecule has 3 aliphatic carbocycles. The van der Waals surface area contributed by atoms with E-state index in [2.05, 4.69) is 0 Å². The van der Waals surface area contributed by atoms with Crippen molar-refractivity contribution in [3.05, 3.63) is 88.0 Å². The molecule has 6 rings (SSSR count). The predicted octanol–water partition coefficient (Wildman–Crippen LogP) is 8.95. The molecule has 2 saturated carbocycles. The van der Waals surface area contributed by atoms with E-state index in [0.29, 0.717) is 35.2 Å². The van der Waals surface area contributed by atoms with Crippen LogP contribution in [0.2, 0.25) is 0 Å². The molecule has 0 aliphatic heterocycles. The van der Waals surface area contributed by atoms with Crippen LogP contribution in [-0.4, -0.2) is 10.1 Å². The standard InChI is InChI=1S/C32H32F5NO/c1-30(39)18-31(15-4-16-31)17-24-27(30)25(19-9-13-23(33)14-10-19)26(29(38-24)21-5-2-3-6-21)28(34)20-7-11-22(12-8-20)32(35,36)37/h7-14,21,28,39H,2-6,15-18H2,1H3. The van der Waals surface area contributed by atoms with Crippen molar-refractivity contribution in [1.29, 1.82) is 0 Å². The summed E-state index contributed by atoms with van der Waals surface area (Å²) in [5.74, 6) is -0.416. The Morgan fingerprint density at radius 3 is 2.15 bits per heavy atom. The van der Waals surface area contributed by atoms with Crippen molar-refractivity contribution in [2.24, 2.45) is 5.41 Å². The number of hydrogen-bond acceptors (Lipinski definition) is 2. The third-order valence-electron chi connectivity index (χ3n) is 9.21. The molecule has 0 bridgehead atoms. The number of halogens is 5. The molecule has 7 heteroatoms. The van der Waals surface area contributed by atoms with Gasteiger partial charge in [-0.05, 0) is 91.8 Å². The molecule has 206 valence electrons. The van der Waals surface area contributed by atoms with E-state index in [1.807, 2.05) is 0 Å². The number of benzene rings is 2. The normalized spacial score (nSPS) is 23.5. The lowest BCUT2D eigenvalue weighted by Crippen LogP contribution is -2.45. The first-order chi connectivity index (χ1) is 18.5. The van der Waals surface area contributed by atoms with Crippen LogP contribution in [0.15, 0.2) is 48.5 Å². The second-order valence-corrected chi connectivity index (χ2v) is 12.1. The van der Waals surface area contributed by atoms with Gasteiger partial charge in [0.1, 0.15) is 5.82 Å². The Kier molecular flexibility index (Phi) is 6.37. The largest absolute Gasteiger partial charge is 0.416 e. The zero-order valence-corrected chi connectivity index (χ0v) is 21.9. The van der Waals surface area contributed by atoms with Crippen molar-refractivity contribution in [2.75, 3.05) is 0 Å². The van der Waals surface area contributed by atoms with Gasteiger partial charge in [-0.25, -0.2) is 8.78 Å². The van der Waals surface area contributed by atoms with Crippen LogP contribution < -0.4 is 0 Å². The van der Waals surface area contributed by atoms with Crippen LogP contribution in [0.4, 0.5) is 22.0 Å². The molecule has 1 spiro atoms. The van der Waals surface area contributed by atoms with Gasteiger partial charge in [0.2, 0.25) is 0 Å². The summed E-state index contributed by atoms with van der Waals surface area (Å²) >= 11 is 0. The van der Waals surface area contributed by atoms with Crippen molar-refractivity contribution in [3.63, 3.8) is 0 Å². The van der Waals surface area contributed by atoms with Gasteiger partial charge in [-0.2, -0.15) is 13.2 Å². The summed E-state index contributed by atoms with van der Waals surface area (Å²) in [4.78, 5) is 5.12. The number of alkyl halides is 4. The molecular weight excluding hydrogens is 509 g/mol. The lowest BCUT2D eigenvalue weighted by atomic mass is 9.56. The highest BCUT2D eigenvalue weighted by Crippen LogP contribution is 2.58. The fraction of sp³-hybridized carbons (Fsp3) is 0.469. The molecule has 0 radical (unpaired) electrons. The third kappa shape index (κ3) is 4.66. The maximum Gasteiger partial charge on any atom is 0.416 e. The Hall–Kier alpha value is -2.80. The Labute approximate surface area is 225 Å². The van der Waals surface area contributed by atoms with Crippen LogP contribution in [0.3, 0.4) is 0 Å². The highest BCUT2D eigenvalue weighted by Gasteiger charge is 2.50. The highest BCUT2D eigenvalue weighted by molar-refractivity contribution is 5.76. The van der Waals surface area contributed by atoms with Crippen molar-refractivity contribution in [2.45, 2.75) is 88.6 Å². The fourth-order valence-electron chi connectivity index (χ4n) is 7.33. The van der Waals surface area contributed by atoms with E-state index >= 15 is 4.39 Å². The molecule has 2 aromatic carbocycles. The number of nitrogens with zero attached hydrogens (tertiary/aromatic N) is 1. The zero-order chi connectivity index (χ0) is 27.6. The Bertz CT molecular complexity index is 1370. The van der Waals surface area contributed by atoms with Crippen LogP contribution in [-0.2, 0) is 18.2 Å². The molecule has 2 atom stereocenters. The van der Waals surface area contributed by atoms with E-state index in [9.17, 15) is 22.7 Å². The lowest BCUT2D eigenvalue weighted by molar-refractivity contribution is -0.137. The van der Waals surface area contributed by atoms with E-state index < -0.39 is 29.3 Å². The highest BCUT2D eigenvalue weighted by atomic mass is 19.4. The molecule has 2 fully saturated rings. The first-order valence-corrected chi connectivity index (χ1v) is 13.8. The van der Waals surface area contributed by atoms with Crippen LogP contribution in [0.25, 0.3) is 11.1 Å². The van der Waals surface area contributed by atoms with E-state index in [-0.39, 0.29) is 22.5 Å². The number of aliphatic hydroxyl groups is 1. The molecule has 39 heavy (non-hydrogen) atoms. The Balaban J connectivity index is 1.61. The summed E-state index contributed by atoms with van der Waals surface area (Å²) in [5, 5.41) is 11.9. The summed E-state index contributed by atoms with van der Waals surface area (Å²) in [6.45, 7) is 1.75. The van der Waals surface area contributed by atoms with Crippen LogP contribution >= 0.6 is 0 Å². The number of aromatic nitrogens is 1. The van der Waals surface area contributed by atoms with Crippen molar-refractivity contribution in [1.82, 2.24) is 4.98 Å². The first-order valence-electron chi connectivity index (χ1n) is 13.8. The monoisotopic (exact) mass is 541 g/mol. The number of fused-ring (bicyclic) bond motifs is 1. The molecule has 0 amide bonds. The summed E-state index contributed by atoms with van der Waals surface area (Å²) in [7, 11) is 0. The molecule has 1 N–H and O–H groups in total. The topological polar surface area (TPSA) is 33.1 Å². The minimum absolute atomic E-state index is 0.0152. The Morgan fingerprint density at radius 2 is 1.59 bits per heavy atom. The van der Waals surface area contributed by atoms with Gasteiger partial charge < -0.3 is 5.11 Å². The van der Waals surface area contributed by atoms with Crippen LogP contribution in [0, 0.1) is 11.2 Å². The van der Waals surface area contributed by atoms with E-state index in [4.69, 9.17) is 4.98 Å². The molecule has 2 unspecified atom stereocenters. The minimum Gasteiger partial charge on any atom is -0.385 e. The molecular formula is C32H32F5NO. The number of rotatable bonds is 4. The van der Waals surface area contributed by atoms with Crippen LogP contribution in [0.5, 0.6) is 0 Å². The van der Waals surface area contributed by atoms with Gasteiger partial charge in [0, 0.05) is 22.7 Å². The van der Waals surface area contributed by atoms with Gasteiger partial charge in [-0.1, -0.05) is 43.5 Å². The van der Waals surface area contributed by atoms with Gasteiger partial charge in [0.15, 0.2) is 6.17 Å².